The first-order chi connectivity index (χ1) is 8.76. The van der Waals surface area contributed by atoms with Crippen LogP contribution in [0.5, 0.6) is 0 Å². The molecule has 1 saturated heterocycles. The van der Waals surface area contributed by atoms with Gasteiger partial charge >= 0.3 is 5.97 Å². The number of hydrogen-bond donors (Lipinski definition) is 2. The first-order valence-corrected chi connectivity index (χ1v) is 12.1. The van der Waals surface area contributed by atoms with Gasteiger partial charge in [0, 0.05) is 10.2 Å². The highest BCUT2D eigenvalue weighted by Crippen LogP contribution is 2.41. The smallest absolute Gasteiger partial charge is 0.352 e. The summed E-state index contributed by atoms with van der Waals surface area (Å²) in [4.78, 5) is 28.5. The summed E-state index contributed by atoms with van der Waals surface area (Å²) in [5, 5.41) is 9.26. The van der Waals surface area contributed by atoms with Gasteiger partial charge in [0.05, 0.1) is 0 Å². The molecular formula is C11H17IN2O3SSi. The fraction of sp³-hybridized carbons (Fsp3) is 0.636. The van der Waals surface area contributed by atoms with Crippen molar-refractivity contribution in [2.24, 2.45) is 0 Å². The number of aliphatic carboxylic acids is 1. The molecule has 5 nitrogen and oxygen atoms in total. The van der Waals surface area contributed by atoms with E-state index in [2.05, 4.69) is 47.2 Å². The van der Waals surface area contributed by atoms with Crippen molar-refractivity contribution in [2.75, 3.05) is 10.2 Å². The molecule has 0 bridgehead atoms. The SMILES string of the molecule is C[Si](C)(C)NC1C(=O)N2C(C(=O)O)=C(CI)CS[C@H]12. The van der Waals surface area contributed by atoms with Gasteiger partial charge in [-0.2, -0.15) is 0 Å². The number of amides is 1. The summed E-state index contributed by atoms with van der Waals surface area (Å²) in [5.41, 5.74) is 1.05. The Hall–Kier alpha value is -0.0631. The van der Waals surface area contributed by atoms with Crippen LogP contribution >= 0.6 is 34.4 Å². The number of hydrogen-bond acceptors (Lipinski definition) is 4. The van der Waals surface area contributed by atoms with E-state index in [-0.39, 0.29) is 23.0 Å². The van der Waals surface area contributed by atoms with Gasteiger partial charge in [-0.15, -0.1) is 11.8 Å². The Morgan fingerprint density at radius 2 is 2.21 bits per heavy atom. The molecule has 8 heteroatoms. The first kappa shape index (κ1) is 15.3. The average Bonchev–Trinajstić information content (AvgIpc) is 2.32. The maximum absolute atomic E-state index is 12.2. The minimum absolute atomic E-state index is 0.0583. The largest absolute Gasteiger partial charge is 0.477 e. The van der Waals surface area contributed by atoms with E-state index in [1.54, 1.807) is 11.8 Å². The van der Waals surface area contributed by atoms with Crippen LogP contribution in [-0.4, -0.2) is 51.7 Å². The van der Waals surface area contributed by atoms with Crippen molar-refractivity contribution >= 4 is 54.5 Å². The number of rotatable bonds is 4. The van der Waals surface area contributed by atoms with Crippen molar-refractivity contribution in [1.82, 2.24) is 9.88 Å². The number of β-lactam (4-membered cyclic amide) rings is 1. The van der Waals surface area contributed by atoms with E-state index < -0.39 is 14.2 Å². The molecule has 1 unspecified atom stereocenters. The number of nitrogens with zero attached hydrogens (tertiary/aromatic N) is 1. The summed E-state index contributed by atoms with van der Waals surface area (Å²) in [6.45, 7) is 6.42. The predicted octanol–water partition coefficient (Wildman–Crippen LogP) is 1.47. The van der Waals surface area contributed by atoms with E-state index in [1.807, 2.05) is 0 Å². The van der Waals surface area contributed by atoms with E-state index >= 15 is 0 Å². The molecule has 0 aromatic heterocycles. The second-order valence-electron chi connectivity index (χ2n) is 5.67. The van der Waals surface area contributed by atoms with Gasteiger partial charge in [-0.05, 0) is 5.57 Å². The Kier molecular flexibility index (Phi) is 4.34. The zero-order valence-corrected chi connectivity index (χ0v) is 15.0. The van der Waals surface area contributed by atoms with Gasteiger partial charge in [0.1, 0.15) is 25.3 Å². The number of carbonyl (C=O) groups is 2. The summed E-state index contributed by atoms with van der Waals surface area (Å²) < 4.78 is 0.648. The molecule has 2 aliphatic rings. The van der Waals surface area contributed by atoms with Gasteiger partial charge in [-0.3, -0.25) is 9.69 Å². The Labute approximate surface area is 131 Å². The molecule has 0 radical (unpaired) electrons. The van der Waals surface area contributed by atoms with Crippen LogP contribution in [0.2, 0.25) is 19.6 Å². The van der Waals surface area contributed by atoms with Crippen molar-refractivity contribution < 1.29 is 14.7 Å². The van der Waals surface area contributed by atoms with Crippen LogP contribution < -0.4 is 4.98 Å². The summed E-state index contributed by atoms with van der Waals surface area (Å²) in [6.07, 6.45) is 0. The topological polar surface area (TPSA) is 69.6 Å². The average molecular weight is 412 g/mol. The molecule has 0 aromatic rings. The molecular weight excluding hydrogens is 395 g/mol. The summed E-state index contributed by atoms with van der Waals surface area (Å²) in [7, 11) is -1.56. The number of carbonyl (C=O) groups excluding carboxylic acids is 1. The van der Waals surface area contributed by atoms with E-state index in [0.29, 0.717) is 10.2 Å². The molecule has 0 saturated carbocycles. The number of fused-ring (bicyclic) bond motifs is 1. The lowest BCUT2D eigenvalue weighted by Crippen LogP contribution is -2.73. The molecule has 2 rings (SSSR count). The van der Waals surface area contributed by atoms with Gasteiger partial charge in [0.2, 0.25) is 5.91 Å². The number of nitrogens with one attached hydrogen (secondary N) is 1. The molecule has 2 N–H and O–H groups in total. The quantitative estimate of drug-likeness (QED) is 0.317. The van der Waals surface area contributed by atoms with Crippen molar-refractivity contribution in [3.05, 3.63) is 11.3 Å². The highest BCUT2D eigenvalue weighted by molar-refractivity contribution is 14.1. The molecule has 0 aliphatic carbocycles. The molecule has 2 aliphatic heterocycles. The Morgan fingerprint density at radius 3 is 2.68 bits per heavy atom. The van der Waals surface area contributed by atoms with Crippen molar-refractivity contribution in [3.63, 3.8) is 0 Å². The number of halogens is 1. The Morgan fingerprint density at radius 1 is 1.58 bits per heavy atom. The molecule has 0 aromatic carbocycles. The van der Waals surface area contributed by atoms with Crippen LogP contribution in [0.15, 0.2) is 11.3 Å². The van der Waals surface area contributed by atoms with E-state index in [9.17, 15) is 14.7 Å². The highest BCUT2D eigenvalue weighted by Gasteiger charge is 2.54. The van der Waals surface area contributed by atoms with Gasteiger partial charge in [-0.25, -0.2) is 4.79 Å². The molecule has 19 heavy (non-hydrogen) atoms. The van der Waals surface area contributed by atoms with Crippen LogP contribution in [0.3, 0.4) is 0 Å². The summed E-state index contributed by atoms with van der Waals surface area (Å²) >= 11 is 3.81. The van der Waals surface area contributed by atoms with Crippen LogP contribution in [0.25, 0.3) is 0 Å². The summed E-state index contributed by atoms with van der Waals surface area (Å²) in [5.74, 6) is -0.390. The molecule has 2 heterocycles. The van der Waals surface area contributed by atoms with E-state index in [1.165, 1.54) is 4.90 Å². The van der Waals surface area contributed by atoms with Crippen molar-refractivity contribution in [2.45, 2.75) is 31.1 Å². The van der Waals surface area contributed by atoms with E-state index in [0.717, 1.165) is 5.57 Å². The number of thioether (sulfide) groups is 1. The molecule has 1 amide bonds. The minimum Gasteiger partial charge on any atom is -0.477 e. The highest BCUT2D eigenvalue weighted by atomic mass is 127. The number of carboxylic acids is 1. The normalized spacial score (nSPS) is 27.2. The van der Waals surface area contributed by atoms with Crippen LogP contribution in [-0.2, 0) is 9.59 Å². The maximum atomic E-state index is 12.2. The predicted molar refractivity (Wildman–Crippen MR) is 86.9 cm³/mol. The lowest BCUT2D eigenvalue weighted by Gasteiger charge is -2.51. The lowest BCUT2D eigenvalue weighted by molar-refractivity contribution is -0.148. The van der Waals surface area contributed by atoms with Crippen LogP contribution in [0.4, 0.5) is 0 Å². The summed E-state index contributed by atoms with van der Waals surface area (Å²) in [6, 6.07) is -0.221. The monoisotopic (exact) mass is 412 g/mol. The van der Waals surface area contributed by atoms with Crippen molar-refractivity contribution in [1.29, 1.82) is 0 Å². The maximum Gasteiger partial charge on any atom is 0.352 e. The molecule has 0 spiro atoms. The number of alkyl halides is 1. The Balaban J connectivity index is 2.24. The molecule has 2 atom stereocenters. The van der Waals surface area contributed by atoms with E-state index in [4.69, 9.17) is 0 Å². The zero-order valence-electron chi connectivity index (χ0n) is 11.1. The minimum atomic E-state index is -1.56. The third kappa shape index (κ3) is 2.86. The fourth-order valence-electron chi connectivity index (χ4n) is 2.25. The van der Waals surface area contributed by atoms with Gasteiger partial charge in [0.15, 0.2) is 0 Å². The standard InChI is InChI=1S/C11H17IN2O3SSi/c1-19(2,3)13-7-9(15)14-8(11(16)17)6(4-12)5-18-10(7)14/h7,10,13H,4-5H2,1-3H3,(H,16,17)/t7?,10-/m1/s1. The third-order valence-electron chi connectivity index (χ3n) is 3.00. The molecule has 1 fully saturated rings. The second kappa shape index (κ2) is 5.38. The molecule has 106 valence electrons. The zero-order chi connectivity index (χ0) is 14.4. The van der Waals surface area contributed by atoms with Crippen molar-refractivity contribution in [3.8, 4) is 0 Å². The number of carboxylic acid groups (broad SMARTS) is 1. The third-order valence-corrected chi connectivity index (χ3v) is 6.44. The van der Waals surface area contributed by atoms with Gasteiger partial charge in [0.25, 0.3) is 0 Å². The fourth-order valence-corrected chi connectivity index (χ4v) is 5.93. The van der Waals surface area contributed by atoms with Crippen LogP contribution in [0, 0.1) is 0 Å². The Bertz CT molecular complexity index is 463. The van der Waals surface area contributed by atoms with Gasteiger partial charge < -0.3 is 10.1 Å². The second-order valence-corrected chi connectivity index (χ2v) is 12.3. The lowest BCUT2D eigenvalue weighted by atomic mass is 10.0. The van der Waals surface area contributed by atoms with Gasteiger partial charge in [-0.1, -0.05) is 42.2 Å². The van der Waals surface area contributed by atoms with Crippen LogP contribution in [0.1, 0.15) is 0 Å². The first-order valence-electron chi connectivity index (χ1n) is 6.00.